The maximum atomic E-state index is 10.5. The number of halogens is 1. The van der Waals surface area contributed by atoms with Crippen molar-refractivity contribution in [2.45, 2.75) is 19.3 Å². The molecule has 5 heteroatoms. The van der Waals surface area contributed by atoms with E-state index in [0.717, 1.165) is 0 Å². The number of carbonyl (C=O) groups excluding carboxylic acids is 1. The number of ether oxygens (including phenoxy) is 1. The number of alkyl halides is 1. The van der Waals surface area contributed by atoms with Crippen LogP contribution in [0.3, 0.4) is 0 Å². The van der Waals surface area contributed by atoms with Gasteiger partial charge in [0.1, 0.15) is 0 Å². The minimum atomic E-state index is -0.913. The van der Waals surface area contributed by atoms with Crippen molar-refractivity contribution in [3.8, 4) is 0 Å². The Labute approximate surface area is 69.1 Å². The molecule has 0 aliphatic carbocycles. The van der Waals surface area contributed by atoms with Crippen LogP contribution in [0.4, 0.5) is 0 Å². The van der Waals surface area contributed by atoms with Crippen molar-refractivity contribution in [1.82, 2.24) is 0 Å². The van der Waals surface area contributed by atoms with Crippen LogP contribution in [-0.4, -0.2) is 23.1 Å². The number of hydrogen-bond donors (Lipinski definition) is 1. The van der Waals surface area contributed by atoms with Gasteiger partial charge in [0.2, 0.25) is 0 Å². The third-order valence-electron chi connectivity index (χ3n) is 0.987. The maximum Gasteiger partial charge on any atom is 0.306 e. The smallest absolute Gasteiger partial charge is 0.306 e. The van der Waals surface area contributed by atoms with E-state index in [1.807, 2.05) is 0 Å². The summed E-state index contributed by atoms with van der Waals surface area (Å²) in [6.07, 6.45) is 0.390. The lowest BCUT2D eigenvalue weighted by Crippen LogP contribution is -2.04. The first kappa shape index (κ1) is 10.2. The van der Waals surface area contributed by atoms with Crippen LogP contribution in [0.5, 0.6) is 0 Å². The molecule has 11 heavy (non-hydrogen) atoms. The Hall–Kier alpha value is -0.770. The molecule has 0 saturated carbocycles. The molecular weight excluding hydrogens is 172 g/mol. The second-order valence-corrected chi connectivity index (χ2v) is 2.09. The molecule has 0 rings (SSSR count). The van der Waals surface area contributed by atoms with Gasteiger partial charge >= 0.3 is 11.9 Å². The van der Waals surface area contributed by atoms with E-state index in [-0.39, 0.29) is 18.9 Å². The molecule has 0 radical (unpaired) electrons. The lowest BCUT2D eigenvalue weighted by molar-refractivity contribution is -0.142. The Bertz CT molecular complexity index is 146. The minimum absolute atomic E-state index is 0.0165. The van der Waals surface area contributed by atoms with Crippen LogP contribution in [-0.2, 0) is 14.3 Å². The van der Waals surface area contributed by atoms with Crippen molar-refractivity contribution >= 4 is 23.5 Å². The molecule has 0 unspecified atom stereocenters. The molecule has 0 heterocycles. The number of carbonyl (C=O) groups is 2. The predicted octanol–water partition coefficient (Wildman–Crippen LogP) is 0.981. The lowest BCUT2D eigenvalue weighted by atomic mass is 10.2. The standard InChI is InChI=1S/C6H9ClO4/c7-4-11-6(10)3-1-2-5(8)9/h1-4H2,(H,8,9). The molecule has 0 bridgehead atoms. The van der Waals surface area contributed by atoms with Gasteiger partial charge in [-0.05, 0) is 6.42 Å². The first-order chi connectivity index (χ1) is 5.16. The normalized spacial score (nSPS) is 9.18. The van der Waals surface area contributed by atoms with Gasteiger partial charge in [-0.1, -0.05) is 11.6 Å². The number of esters is 1. The van der Waals surface area contributed by atoms with Gasteiger partial charge in [-0.25, -0.2) is 0 Å². The fourth-order valence-electron chi connectivity index (χ4n) is 0.517. The highest BCUT2D eigenvalue weighted by molar-refractivity contribution is 6.17. The molecule has 0 aromatic heterocycles. The van der Waals surface area contributed by atoms with Crippen LogP contribution < -0.4 is 0 Å². The van der Waals surface area contributed by atoms with Gasteiger partial charge in [-0.3, -0.25) is 9.59 Å². The van der Waals surface area contributed by atoms with Gasteiger partial charge in [0.15, 0.2) is 6.07 Å². The average Bonchev–Trinajstić information content (AvgIpc) is 1.87. The molecule has 0 aliphatic rings. The van der Waals surface area contributed by atoms with Gasteiger partial charge in [0.05, 0.1) is 0 Å². The fourth-order valence-corrected chi connectivity index (χ4v) is 0.639. The molecule has 0 saturated heterocycles. The van der Waals surface area contributed by atoms with E-state index in [4.69, 9.17) is 16.7 Å². The van der Waals surface area contributed by atoms with E-state index >= 15 is 0 Å². The highest BCUT2D eigenvalue weighted by atomic mass is 35.5. The molecule has 0 spiro atoms. The molecule has 64 valence electrons. The molecule has 0 aromatic carbocycles. The van der Waals surface area contributed by atoms with E-state index < -0.39 is 11.9 Å². The van der Waals surface area contributed by atoms with Gasteiger partial charge in [-0.15, -0.1) is 0 Å². The summed E-state index contributed by atoms with van der Waals surface area (Å²) >= 11 is 5.08. The molecule has 0 aliphatic heterocycles. The molecule has 1 N–H and O–H groups in total. The predicted molar refractivity (Wildman–Crippen MR) is 38.3 cm³/mol. The van der Waals surface area contributed by atoms with Crippen LogP contribution in [0.15, 0.2) is 0 Å². The summed E-state index contributed by atoms with van der Waals surface area (Å²) in [7, 11) is 0. The molecule has 0 fully saturated rings. The van der Waals surface area contributed by atoms with Crippen molar-refractivity contribution in [3.05, 3.63) is 0 Å². The molecular formula is C6H9ClO4. The lowest BCUT2D eigenvalue weighted by Gasteiger charge is -1.97. The van der Waals surface area contributed by atoms with Crippen molar-refractivity contribution < 1.29 is 19.4 Å². The maximum absolute atomic E-state index is 10.5. The Morgan fingerprint density at radius 1 is 1.36 bits per heavy atom. The van der Waals surface area contributed by atoms with Gasteiger partial charge < -0.3 is 9.84 Å². The summed E-state index contributed by atoms with van der Waals surface area (Å²) < 4.78 is 4.36. The van der Waals surface area contributed by atoms with Crippen molar-refractivity contribution in [2.24, 2.45) is 0 Å². The first-order valence-corrected chi connectivity index (χ1v) is 3.63. The molecule has 0 atom stereocenters. The van der Waals surface area contributed by atoms with E-state index in [0.29, 0.717) is 6.42 Å². The number of carboxylic acid groups (broad SMARTS) is 1. The molecule has 4 nitrogen and oxygen atoms in total. The van der Waals surface area contributed by atoms with E-state index in [9.17, 15) is 9.59 Å². The van der Waals surface area contributed by atoms with Crippen LogP contribution in [0.25, 0.3) is 0 Å². The highest BCUT2D eigenvalue weighted by Crippen LogP contribution is 1.97. The second kappa shape index (κ2) is 5.97. The van der Waals surface area contributed by atoms with Gasteiger partial charge in [0.25, 0.3) is 0 Å². The van der Waals surface area contributed by atoms with Gasteiger partial charge in [-0.2, -0.15) is 0 Å². The van der Waals surface area contributed by atoms with Gasteiger partial charge in [0, 0.05) is 12.8 Å². The van der Waals surface area contributed by atoms with Crippen molar-refractivity contribution in [2.75, 3.05) is 6.07 Å². The molecule has 0 aromatic rings. The topological polar surface area (TPSA) is 63.6 Å². The van der Waals surface area contributed by atoms with Crippen LogP contribution in [0.1, 0.15) is 19.3 Å². The quantitative estimate of drug-likeness (QED) is 0.506. The zero-order valence-corrected chi connectivity index (χ0v) is 6.63. The van der Waals surface area contributed by atoms with Crippen molar-refractivity contribution in [3.63, 3.8) is 0 Å². The number of hydrogen-bond acceptors (Lipinski definition) is 3. The monoisotopic (exact) mass is 180 g/mol. The Morgan fingerprint density at radius 3 is 2.45 bits per heavy atom. The average molecular weight is 181 g/mol. The van der Waals surface area contributed by atoms with E-state index in [1.165, 1.54) is 0 Å². The third-order valence-corrected chi connectivity index (χ3v) is 1.10. The summed E-state index contributed by atoms with van der Waals surface area (Å²) in [5.74, 6) is -1.37. The highest BCUT2D eigenvalue weighted by Gasteiger charge is 2.03. The zero-order valence-electron chi connectivity index (χ0n) is 5.88. The second-order valence-electron chi connectivity index (χ2n) is 1.87. The minimum Gasteiger partial charge on any atom is -0.481 e. The van der Waals surface area contributed by atoms with E-state index in [2.05, 4.69) is 4.74 Å². The Balaban J connectivity index is 3.24. The Morgan fingerprint density at radius 2 is 2.00 bits per heavy atom. The Kier molecular flexibility index (Phi) is 5.56. The fraction of sp³-hybridized carbons (Fsp3) is 0.667. The van der Waals surface area contributed by atoms with E-state index in [1.54, 1.807) is 0 Å². The van der Waals surface area contributed by atoms with Crippen LogP contribution in [0.2, 0.25) is 0 Å². The SMILES string of the molecule is O=C(O)CCCC(=O)OCCl. The van der Waals surface area contributed by atoms with Crippen molar-refractivity contribution in [1.29, 1.82) is 0 Å². The number of aliphatic carboxylic acids is 1. The number of carboxylic acids is 1. The first-order valence-electron chi connectivity index (χ1n) is 3.10. The van der Waals surface area contributed by atoms with Crippen LogP contribution >= 0.6 is 11.6 Å². The largest absolute Gasteiger partial charge is 0.481 e. The number of rotatable bonds is 5. The third kappa shape index (κ3) is 7.12. The summed E-state index contributed by atoms with van der Waals surface area (Å²) in [6, 6.07) is -0.175. The molecule has 0 amide bonds. The summed E-state index contributed by atoms with van der Waals surface area (Å²) in [5.41, 5.74) is 0. The summed E-state index contributed by atoms with van der Waals surface area (Å²) in [5, 5.41) is 8.18. The zero-order chi connectivity index (χ0) is 8.69. The summed E-state index contributed by atoms with van der Waals surface area (Å²) in [6.45, 7) is 0. The summed E-state index contributed by atoms with van der Waals surface area (Å²) in [4.78, 5) is 20.5. The van der Waals surface area contributed by atoms with Crippen LogP contribution in [0, 0.1) is 0 Å².